The minimum absolute atomic E-state index is 0.291. The van der Waals surface area contributed by atoms with Crippen molar-refractivity contribution in [1.29, 1.82) is 0 Å². The molecule has 0 amide bonds. The third-order valence-electron chi connectivity index (χ3n) is 4.15. The first-order chi connectivity index (χ1) is 10.9. The first-order valence-corrected chi connectivity index (χ1v) is 7.61. The van der Waals surface area contributed by atoms with Crippen molar-refractivity contribution >= 4 is 0 Å². The molecule has 0 unspecified atom stereocenters. The summed E-state index contributed by atoms with van der Waals surface area (Å²) < 4.78 is 16.2. The van der Waals surface area contributed by atoms with E-state index in [1.807, 2.05) is 24.4 Å². The van der Waals surface area contributed by atoms with Crippen LogP contribution >= 0.6 is 0 Å². The van der Waals surface area contributed by atoms with E-state index in [0.29, 0.717) is 12.7 Å². The van der Waals surface area contributed by atoms with Crippen LogP contribution in [-0.4, -0.2) is 36.7 Å². The SMILES string of the molecule is c1cc2c(cc1-c1[nH]ncc1CNC[C@@H]1CCOC1)OCO2. The highest BCUT2D eigenvalue weighted by Gasteiger charge is 2.17. The van der Waals surface area contributed by atoms with Crippen molar-refractivity contribution in [2.75, 3.05) is 26.6 Å². The maximum atomic E-state index is 5.44. The van der Waals surface area contributed by atoms with E-state index in [-0.39, 0.29) is 0 Å². The fourth-order valence-electron chi connectivity index (χ4n) is 2.90. The lowest BCUT2D eigenvalue weighted by Crippen LogP contribution is -2.22. The second-order valence-electron chi connectivity index (χ2n) is 5.70. The maximum absolute atomic E-state index is 5.44. The van der Waals surface area contributed by atoms with Gasteiger partial charge in [-0.25, -0.2) is 0 Å². The molecule has 3 heterocycles. The van der Waals surface area contributed by atoms with Crippen LogP contribution < -0.4 is 14.8 Å². The lowest BCUT2D eigenvalue weighted by molar-refractivity contribution is 0.174. The second-order valence-corrected chi connectivity index (χ2v) is 5.70. The molecule has 6 heteroatoms. The number of rotatable bonds is 5. The van der Waals surface area contributed by atoms with Crippen LogP contribution in [0.3, 0.4) is 0 Å². The Balaban J connectivity index is 1.45. The van der Waals surface area contributed by atoms with Gasteiger partial charge in [0.25, 0.3) is 0 Å². The molecule has 1 atom stereocenters. The van der Waals surface area contributed by atoms with E-state index in [2.05, 4.69) is 15.5 Å². The van der Waals surface area contributed by atoms with Gasteiger partial charge in [0.1, 0.15) is 0 Å². The number of benzene rings is 1. The fraction of sp³-hybridized carbons (Fsp3) is 0.438. The second kappa shape index (κ2) is 5.98. The van der Waals surface area contributed by atoms with Crippen LogP contribution in [0.5, 0.6) is 11.5 Å². The van der Waals surface area contributed by atoms with Crippen molar-refractivity contribution in [2.24, 2.45) is 5.92 Å². The molecular formula is C16H19N3O3. The Morgan fingerprint density at radius 1 is 1.27 bits per heavy atom. The van der Waals surface area contributed by atoms with E-state index in [4.69, 9.17) is 14.2 Å². The van der Waals surface area contributed by atoms with Crippen LogP contribution in [0.15, 0.2) is 24.4 Å². The van der Waals surface area contributed by atoms with Gasteiger partial charge in [0.15, 0.2) is 11.5 Å². The van der Waals surface area contributed by atoms with E-state index >= 15 is 0 Å². The summed E-state index contributed by atoms with van der Waals surface area (Å²) in [6.07, 6.45) is 3.02. The summed E-state index contributed by atoms with van der Waals surface area (Å²) in [7, 11) is 0. The summed E-state index contributed by atoms with van der Waals surface area (Å²) in [5, 5.41) is 10.8. The highest BCUT2D eigenvalue weighted by atomic mass is 16.7. The Labute approximate surface area is 128 Å². The average molecular weight is 301 g/mol. The number of aromatic nitrogens is 2. The van der Waals surface area contributed by atoms with Crippen molar-refractivity contribution in [3.8, 4) is 22.8 Å². The van der Waals surface area contributed by atoms with Crippen LogP contribution in [0, 0.1) is 5.92 Å². The van der Waals surface area contributed by atoms with Gasteiger partial charge in [0.2, 0.25) is 6.79 Å². The summed E-state index contributed by atoms with van der Waals surface area (Å²) in [4.78, 5) is 0. The summed E-state index contributed by atoms with van der Waals surface area (Å²) in [5.41, 5.74) is 3.23. The molecule has 6 nitrogen and oxygen atoms in total. The quantitative estimate of drug-likeness (QED) is 0.883. The zero-order valence-corrected chi connectivity index (χ0v) is 12.3. The molecule has 0 saturated carbocycles. The highest BCUT2D eigenvalue weighted by molar-refractivity contribution is 5.66. The Morgan fingerprint density at radius 3 is 3.14 bits per heavy atom. The number of hydrogen-bond acceptors (Lipinski definition) is 5. The van der Waals surface area contributed by atoms with Crippen LogP contribution in [0.25, 0.3) is 11.3 Å². The summed E-state index contributed by atoms with van der Waals surface area (Å²) in [6, 6.07) is 5.95. The standard InChI is InChI=1S/C16H19N3O3/c1-2-14-15(22-10-21-14)5-12(1)16-13(8-18-19-16)7-17-6-11-3-4-20-9-11/h1-2,5,8,11,17H,3-4,6-7,9-10H2,(H,18,19)/t11-/m0/s1. The van der Waals surface area contributed by atoms with Crippen LogP contribution in [0.4, 0.5) is 0 Å². The molecule has 1 aromatic heterocycles. The van der Waals surface area contributed by atoms with Gasteiger partial charge < -0.3 is 19.5 Å². The largest absolute Gasteiger partial charge is 0.454 e. The van der Waals surface area contributed by atoms with E-state index in [1.165, 1.54) is 0 Å². The zero-order chi connectivity index (χ0) is 14.8. The molecule has 1 fully saturated rings. The lowest BCUT2D eigenvalue weighted by Gasteiger charge is -2.09. The summed E-state index contributed by atoms with van der Waals surface area (Å²) >= 11 is 0. The van der Waals surface area contributed by atoms with Crippen LogP contribution in [0.2, 0.25) is 0 Å². The topological polar surface area (TPSA) is 68.4 Å². The normalized spacial score (nSPS) is 19.7. The van der Waals surface area contributed by atoms with Gasteiger partial charge in [-0.05, 0) is 30.5 Å². The first-order valence-electron chi connectivity index (χ1n) is 7.61. The van der Waals surface area contributed by atoms with Gasteiger partial charge in [-0.3, -0.25) is 5.10 Å². The molecule has 2 aromatic rings. The Kier molecular flexibility index (Phi) is 3.70. The van der Waals surface area contributed by atoms with E-state index < -0.39 is 0 Å². The van der Waals surface area contributed by atoms with Gasteiger partial charge in [-0.2, -0.15) is 5.10 Å². The summed E-state index contributed by atoms with van der Waals surface area (Å²) in [6.45, 7) is 3.82. The molecule has 116 valence electrons. The van der Waals surface area contributed by atoms with Crippen LogP contribution in [0.1, 0.15) is 12.0 Å². The number of hydrogen-bond donors (Lipinski definition) is 2. The van der Waals surface area contributed by atoms with Gasteiger partial charge in [-0.15, -0.1) is 0 Å². The molecule has 2 N–H and O–H groups in total. The predicted octanol–water partition coefficient (Wildman–Crippen LogP) is 1.93. The van der Waals surface area contributed by atoms with E-state index in [0.717, 1.165) is 61.0 Å². The average Bonchev–Trinajstić information content (AvgIpc) is 3.28. The van der Waals surface area contributed by atoms with E-state index in [9.17, 15) is 0 Å². The molecule has 4 rings (SSSR count). The zero-order valence-electron chi connectivity index (χ0n) is 12.3. The maximum Gasteiger partial charge on any atom is 0.231 e. The Morgan fingerprint density at radius 2 is 2.23 bits per heavy atom. The molecule has 22 heavy (non-hydrogen) atoms. The Bertz CT molecular complexity index is 650. The number of nitrogens with zero attached hydrogens (tertiary/aromatic N) is 1. The highest BCUT2D eigenvalue weighted by Crippen LogP contribution is 2.36. The van der Waals surface area contributed by atoms with Crippen molar-refractivity contribution < 1.29 is 14.2 Å². The van der Waals surface area contributed by atoms with Gasteiger partial charge >= 0.3 is 0 Å². The third kappa shape index (κ3) is 2.67. The van der Waals surface area contributed by atoms with Crippen molar-refractivity contribution in [3.63, 3.8) is 0 Å². The van der Waals surface area contributed by atoms with Gasteiger partial charge in [-0.1, -0.05) is 0 Å². The minimum atomic E-state index is 0.291. The predicted molar refractivity (Wildman–Crippen MR) is 80.8 cm³/mol. The van der Waals surface area contributed by atoms with Crippen molar-refractivity contribution in [1.82, 2.24) is 15.5 Å². The van der Waals surface area contributed by atoms with Gasteiger partial charge in [0.05, 0.1) is 18.5 Å². The fourth-order valence-corrected chi connectivity index (χ4v) is 2.90. The molecule has 2 aliphatic heterocycles. The van der Waals surface area contributed by atoms with Gasteiger partial charge in [0, 0.05) is 30.8 Å². The summed E-state index contributed by atoms with van der Waals surface area (Å²) in [5.74, 6) is 2.21. The monoisotopic (exact) mass is 301 g/mol. The number of ether oxygens (including phenoxy) is 3. The molecule has 0 bridgehead atoms. The first kappa shape index (κ1) is 13.6. The number of nitrogens with one attached hydrogen (secondary N) is 2. The lowest BCUT2D eigenvalue weighted by atomic mass is 10.1. The number of aromatic amines is 1. The molecule has 0 spiro atoms. The number of H-pyrrole nitrogens is 1. The minimum Gasteiger partial charge on any atom is -0.454 e. The molecule has 2 aliphatic rings. The van der Waals surface area contributed by atoms with Crippen molar-refractivity contribution in [2.45, 2.75) is 13.0 Å². The third-order valence-corrected chi connectivity index (χ3v) is 4.15. The van der Waals surface area contributed by atoms with E-state index in [1.54, 1.807) is 0 Å². The number of fused-ring (bicyclic) bond motifs is 1. The van der Waals surface area contributed by atoms with Crippen molar-refractivity contribution in [3.05, 3.63) is 30.0 Å². The molecule has 0 aliphatic carbocycles. The molecule has 0 radical (unpaired) electrons. The molecular weight excluding hydrogens is 282 g/mol. The molecule has 1 aromatic carbocycles. The van der Waals surface area contributed by atoms with Crippen LogP contribution in [-0.2, 0) is 11.3 Å². The molecule has 1 saturated heterocycles. The smallest absolute Gasteiger partial charge is 0.231 e. The Hall–Kier alpha value is -2.05.